The van der Waals surface area contributed by atoms with Gasteiger partial charge in [0.15, 0.2) is 11.9 Å². The van der Waals surface area contributed by atoms with Crippen LogP contribution in [0.5, 0.6) is 5.75 Å². The summed E-state index contributed by atoms with van der Waals surface area (Å²) in [6.45, 7) is 6.77. The van der Waals surface area contributed by atoms with Crippen molar-refractivity contribution in [2.24, 2.45) is 0 Å². The second kappa shape index (κ2) is 12.1. The van der Waals surface area contributed by atoms with E-state index in [-0.39, 0.29) is 18.3 Å². The number of ether oxygens (including phenoxy) is 3. The molecule has 0 saturated carbocycles. The van der Waals surface area contributed by atoms with Crippen molar-refractivity contribution in [3.05, 3.63) is 63.4 Å². The Kier molecular flexibility index (Phi) is 8.43. The average molecular weight is 525 g/mol. The van der Waals surface area contributed by atoms with E-state index >= 15 is 0 Å². The highest BCUT2D eigenvalue weighted by atomic mass is 32.2. The molecule has 3 heterocycles. The number of hydrogen-bond acceptors (Lipinski definition) is 7. The number of esters is 1. The third-order valence-corrected chi connectivity index (χ3v) is 7.98. The maximum Gasteiger partial charge on any atom is 0.338 e. The SMILES string of the molecule is CCOC(=O)c1cc2c(c(CSc3nc4ccccc4c(=O)n3CCC[NH+]3CCCCC3)c1)OCOC2. The van der Waals surface area contributed by atoms with Crippen molar-refractivity contribution < 1.29 is 23.9 Å². The molecule has 0 spiro atoms. The van der Waals surface area contributed by atoms with E-state index in [4.69, 9.17) is 19.2 Å². The molecule has 0 aliphatic carbocycles. The molecule has 0 radical (unpaired) electrons. The summed E-state index contributed by atoms with van der Waals surface area (Å²) in [7, 11) is 0. The summed E-state index contributed by atoms with van der Waals surface area (Å²) in [4.78, 5) is 32.5. The normalized spacial score (nSPS) is 15.8. The third-order valence-electron chi connectivity index (χ3n) is 6.95. The van der Waals surface area contributed by atoms with Gasteiger partial charge in [-0.15, -0.1) is 0 Å². The molecule has 1 fully saturated rings. The van der Waals surface area contributed by atoms with Crippen LogP contribution in [0.15, 0.2) is 46.3 Å². The lowest BCUT2D eigenvalue weighted by molar-refractivity contribution is -0.905. The number of carbonyl (C=O) groups excluding carboxylic acids is 1. The Balaban J connectivity index is 1.42. The van der Waals surface area contributed by atoms with Crippen molar-refractivity contribution in [3.63, 3.8) is 0 Å². The van der Waals surface area contributed by atoms with Crippen molar-refractivity contribution in [2.45, 2.75) is 56.7 Å². The molecule has 9 heteroatoms. The zero-order valence-corrected chi connectivity index (χ0v) is 22.1. The van der Waals surface area contributed by atoms with Crippen molar-refractivity contribution in [2.75, 3.05) is 33.0 Å². The first-order chi connectivity index (χ1) is 18.1. The van der Waals surface area contributed by atoms with Gasteiger partial charge < -0.3 is 19.1 Å². The summed E-state index contributed by atoms with van der Waals surface area (Å²) in [6.07, 6.45) is 4.83. The molecule has 5 rings (SSSR count). The Labute approximate surface area is 220 Å². The first kappa shape index (κ1) is 25.8. The second-order valence-corrected chi connectivity index (χ2v) is 10.5. The Hall–Kier alpha value is -2.88. The summed E-state index contributed by atoms with van der Waals surface area (Å²) in [5.74, 6) is 0.857. The number of benzene rings is 2. The van der Waals surface area contributed by atoms with Gasteiger partial charge in [-0.25, -0.2) is 9.78 Å². The smallest absolute Gasteiger partial charge is 0.338 e. The van der Waals surface area contributed by atoms with E-state index in [9.17, 15) is 9.59 Å². The molecule has 1 aromatic heterocycles. The summed E-state index contributed by atoms with van der Waals surface area (Å²) in [5, 5.41) is 1.32. The van der Waals surface area contributed by atoms with Crippen molar-refractivity contribution >= 4 is 28.6 Å². The fourth-order valence-corrected chi connectivity index (χ4v) is 6.12. The van der Waals surface area contributed by atoms with Crippen molar-refractivity contribution in [1.29, 1.82) is 0 Å². The van der Waals surface area contributed by atoms with Gasteiger partial charge in [-0.1, -0.05) is 23.9 Å². The first-order valence-electron chi connectivity index (χ1n) is 13.1. The molecule has 37 heavy (non-hydrogen) atoms. The summed E-state index contributed by atoms with van der Waals surface area (Å²) >= 11 is 1.49. The maximum absolute atomic E-state index is 13.5. The lowest BCUT2D eigenvalue weighted by Gasteiger charge is -2.24. The number of likely N-dealkylation sites (tertiary alicyclic amines) is 1. The van der Waals surface area contributed by atoms with Gasteiger partial charge in [0.2, 0.25) is 0 Å². The van der Waals surface area contributed by atoms with E-state index in [1.54, 1.807) is 17.9 Å². The average Bonchev–Trinajstić information content (AvgIpc) is 2.93. The predicted molar refractivity (Wildman–Crippen MR) is 142 cm³/mol. The lowest BCUT2D eigenvalue weighted by Crippen LogP contribution is -3.12. The molecule has 0 amide bonds. The van der Waals surface area contributed by atoms with E-state index in [1.807, 2.05) is 34.9 Å². The first-order valence-corrected chi connectivity index (χ1v) is 14.1. The van der Waals surface area contributed by atoms with Gasteiger partial charge >= 0.3 is 5.97 Å². The molecule has 2 aliphatic rings. The zero-order chi connectivity index (χ0) is 25.6. The number of para-hydroxylation sites is 1. The van der Waals surface area contributed by atoms with E-state index in [2.05, 4.69) is 0 Å². The van der Waals surface area contributed by atoms with E-state index < -0.39 is 0 Å². The van der Waals surface area contributed by atoms with Crippen LogP contribution in [-0.2, 0) is 28.4 Å². The van der Waals surface area contributed by atoms with Gasteiger partial charge in [0.25, 0.3) is 5.56 Å². The Morgan fingerprint density at radius 1 is 1.19 bits per heavy atom. The van der Waals surface area contributed by atoms with Crippen LogP contribution in [0, 0.1) is 0 Å². The van der Waals surface area contributed by atoms with Crippen LogP contribution >= 0.6 is 11.8 Å². The quantitative estimate of drug-likeness (QED) is 0.262. The van der Waals surface area contributed by atoms with Gasteiger partial charge in [-0.3, -0.25) is 9.36 Å². The molecule has 3 aromatic rings. The molecule has 196 valence electrons. The highest BCUT2D eigenvalue weighted by Gasteiger charge is 2.21. The minimum Gasteiger partial charge on any atom is -0.467 e. The number of aromatic nitrogens is 2. The summed E-state index contributed by atoms with van der Waals surface area (Å²) < 4.78 is 18.3. The number of rotatable bonds is 9. The Morgan fingerprint density at radius 2 is 2.03 bits per heavy atom. The van der Waals surface area contributed by atoms with Crippen LogP contribution in [0.2, 0.25) is 0 Å². The number of quaternary nitrogens is 1. The highest BCUT2D eigenvalue weighted by molar-refractivity contribution is 7.98. The minimum atomic E-state index is -0.372. The molecule has 0 atom stereocenters. The minimum absolute atomic E-state index is 0.00584. The molecular formula is C28H34N3O5S+. The molecule has 8 nitrogen and oxygen atoms in total. The number of nitrogens with one attached hydrogen (secondary N) is 1. The van der Waals surface area contributed by atoms with Crippen molar-refractivity contribution in [1.82, 2.24) is 9.55 Å². The van der Waals surface area contributed by atoms with Crippen LogP contribution in [0.3, 0.4) is 0 Å². The Bertz CT molecular complexity index is 1320. The molecule has 2 aliphatic heterocycles. The zero-order valence-electron chi connectivity index (χ0n) is 21.3. The van der Waals surface area contributed by atoms with Gasteiger partial charge in [-0.05, 0) is 50.5 Å². The Morgan fingerprint density at radius 3 is 2.86 bits per heavy atom. The van der Waals surface area contributed by atoms with Crippen LogP contribution < -0.4 is 15.2 Å². The number of carbonyl (C=O) groups is 1. The van der Waals surface area contributed by atoms with Crippen LogP contribution in [0.4, 0.5) is 0 Å². The molecule has 2 aromatic carbocycles. The van der Waals surface area contributed by atoms with E-state index in [0.717, 1.165) is 29.8 Å². The standard InChI is InChI=1S/C28H33N3O5S/c1-2-35-27(33)20-15-21-17-34-19-36-25(21)22(16-20)18-37-28-29-24-10-5-4-9-23(24)26(32)31(28)14-8-13-30-11-6-3-7-12-30/h4-5,9-10,15-16H,2-3,6-8,11-14,17-19H2,1H3/p+1. The largest absolute Gasteiger partial charge is 0.467 e. The second-order valence-electron chi connectivity index (χ2n) is 9.53. The molecular weight excluding hydrogens is 490 g/mol. The lowest BCUT2D eigenvalue weighted by atomic mass is 10.0. The van der Waals surface area contributed by atoms with Gasteiger partial charge in [0, 0.05) is 29.8 Å². The fraction of sp³-hybridized carbons (Fsp3) is 0.464. The van der Waals surface area contributed by atoms with Gasteiger partial charge in [0.05, 0.1) is 49.3 Å². The third kappa shape index (κ3) is 6.00. The number of nitrogens with zero attached hydrogens (tertiary/aromatic N) is 2. The predicted octanol–water partition coefficient (Wildman–Crippen LogP) is 3.19. The van der Waals surface area contributed by atoms with Crippen LogP contribution in [-0.4, -0.2) is 48.6 Å². The monoisotopic (exact) mass is 524 g/mol. The molecule has 1 N–H and O–H groups in total. The molecule has 1 saturated heterocycles. The maximum atomic E-state index is 13.5. The van der Waals surface area contributed by atoms with Crippen molar-refractivity contribution in [3.8, 4) is 5.75 Å². The fourth-order valence-electron chi connectivity index (χ4n) is 5.12. The van der Waals surface area contributed by atoms with Gasteiger partial charge in [0.1, 0.15) is 5.75 Å². The van der Waals surface area contributed by atoms with E-state index in [1.165, 1.54) is 44.1 Å². The summed E-state index contributed by atoms with van der Waals surface area (Å²) in [5.41, 5.74) is 2.84. The topological polar surface area (TPSA) is 84.1 Å². The van der Waals surface area contributed by atoms with Crippen LogP contribution in [0.1, 0.15) is 54.1 Å². The number of fused-ring (bicyclic) bond motifs is 2. The number of thioether (sulfide) groups is 1. The van der Waals surface area contributed by atoms with Crippen LogP contribution in [0.25, 0.3) is 10.9 Å². The van der Waals surface area contributed by atoms with Gasteiger partial charge in [-0.2, -0.15) is 0 Å². The number of piperidine rings is 1. The molecule has 0 bridgehead atoms. The number of hydrogen-bond donors (Lipinski definition) is 1. The molecule has 0 unspecified atom stereocenters. The summed E-state index contributed by atoms with van der Waals surface area (Å²) in [6, 6.07) is 11.1. The highest BCUT2D eigenvalue weighted by Crippen LogP contribution is 2.34. The van der Waals surface area contributed by atoms with E-state index in [0.29, 0.717) is 47.1 Å².